The van der Waals surface area contributed by atoms with E-state index in [1.165, 1.54) is 12.1 Å². The second kappa shape index (κ2) is 6.94. The molecule has 0 spiro atoms. The highest BCUT2D eigenvalue weighted by atomic mass is 127. The average Bonchev–Trinajstić information content (AvgIpc) is 2.45. The Labute approximate surface area is 130 Å². The third-order valence-corrected chi connectivity index (χ3v) is 3.89. The number of aromatic nitrogens is 2. The monoisotopic (exact) mass is 387 g/mol. The summed E-state index contributed by atoms with van der Waals surface area (Å²) in [5.41, 5.74) is 1.82. The van der Waals surface area contributed by atoms with Crippen LogP contribution in [-0.2, 0) is 17.8 Å². The Balaban J connectivity index is 2.31. The van der Waals surface area contributed by atoms with Crippen LogP contribution in [0.15, 0.2) is 24.3 Å². The fourth-order valence-electron chi connectivity index (χ4n) is 1.81. The minimum Gasteiger partial charge on any atom is -0.378 e. The van der Waals surface area contributed by atoms with Gasteiger partial charge in [-0.3, -0.25) is 0 Å². The molecule has 0 atom stereocenters. The first-order valence-electron chi connectivity index (χ1n) is 6.10. The van der Waals surface area contributed by atoms with Gasteiger partial charge in [-0.05, 0) is 40.3 Å². The molecule has 0 radical (unpaired) electrons. The Morgan fingerprint density at radius 1 is 1.25 bits per heavy atom. The summed E-state index contributed by atoms with van der Waals surface area (Å²) in [5, 5.41) is 3.06. The lowest BCUT2D eigenvalue weighted by Crippen LogP contribution is -2.08. The van der Waals surface area contributed by atoms with Crippen LogP contribution < -0.4 is 5.32 Å². The second-order valence-corrected chi connectivity index (χ2v) is 5.31. The molecule has 2 rings (SSSR count). The van der Waals surface area contributed by atoms with E-state index in [1.807, 2.05) is 7.05 Å². The lowest BCUT2D eigenvalue weighted by molar-refractivity contribution is 0.180. The van der Waals surface area contributed by atoms with Gasteiger partial charge in [0.2, 0.25) is 0 Å². The zero-order valence-corrected chi connectivity index (χ0v) is 13.4. The molecule has 20 heavy (non-hydrogen) atoms. The molecular formula is C14H15FIN3O. The number of anilines is 1. The molecule has 0 aliphatic heterocycles. The quantitative estimate of drug-likeness (QED) is 0.802. The molecule has 0 fully saturated rings. The van der Waals surface area contributed by atoms with Gasteiger partial charge in [-0.15, -0.1) is 0 Å². The number of hydrogen-bond donors (Lipinski definition) is 1. The van der Waals surface area contributed by atoms with Crippen LogP contribution in [0.3, 0.4) is 0 Å². The number of benzene rings is 1. The minimum atomic E-state index is -0.242. The summed E-state index contributed by atoms with van der Waals surface area (Å²) in [4.78, 5) is 8.98. The summed E-state index contributed by atoms with van der Waals surface area (Å²) >= 11 is 2.20. The molecule has 0 saturated heterocycles. The molecule has 1 aromatic heterocycles. The topological polar surface area (TPSA) is 47.0 Å². The highest BCUT2D eigenvalue weighted by Gasteiger charge is 2.11. The first-order chi connectivity index (χ1) is 9.63. The Hall–Kier alpha value is -1.28. The predicted molar refractivity (Wildman–Crippen MR) is 84.2 cm³/mol. The molecule has 4 nitrogen and oxygen atoms in total. The van der Waals surface area contributed by atoms with Gasteiger partial charge in [0, 0.05) is 20.6 Å². The lowest BCUT2D eigenvalue weighted by atomic mass is 10.1. The number of halogens is 2. The molecule has 106 valence electrons. The maximum absolute atomic E-state index is 12.9. The zero-order chi connectivity index (χ0) is 14.5. The third kappa shape index (κ3) is 3.63. The molecule has 1 heterocycles. The molecule has 0 aliphatic carbocycles. The van der Waals surface area contributed by atoms with Gasteiger partial charge in [-0.2, -0.15) is 0 Å². The van der Waals surface area contributed by atoms with Crippen molar-refractivity contribution in [2.75, 3.05) is 19.5 Å². The molecule has 6 heteroatoms. The molecule has 0 aliphatic rings. The van der Waals surface area contributed by atoms with Crippen LogP contribution in [-0.4, -0.2) is 24.1 Å². The van der Waals surface area contributed by atoms with E-state index in [4.69, 9.17) is 4.74 Å². The largest absolute Gasteiger partial charge is 0.378 e. The van der Waals surface area contributed by atoms with E-state index < -0.39 is 0 Å². The van der Waals surface area contributed by atoms with Crippen molar-refractivity contribution in [1.82, 2.24) is 9.97 Å². The van der Waals surface area contributed by atoms with Gasteiger partial charge in [0.05, 0.1) is 15.9 Å². The number of methoxy groups -OCH3 is 1. The third-order valence-electron chi connectivity index (χ3n) is 2.76. The van der Waals surface area contributed by atoms with Crippen LogP contribution in [0.4, 0.5) is 10.2 Å². The fraction of sp³-hybridized carbons (Fsp3) is 0.286. The van der Waals surface area contributed by atoms with Gasteiger partial charge < -0.3 is 10.1 Å². The van der Waals surface area contributed by atoms with E-state index in [1.54, 1.807) is 19.2 Å². The Morgan fingerprint density at radius 2 is 1.95 bits per heavy atom. The highest BCUT2D eigenvalue weighted by molar-refractivity contribution is 14.1. The lowest BCUT2D eigenvalue weighted by Gasteiger charge is -2.10. The van der Waals surface area contributed by atoms with Gasteiger partial charge in [-0.1, -0.05) is 12.1 Å². The Bertz CT molecular complexity index is 590. The summed E-state index contributed by atoms with van der Waals surface area (Å²) in [7, 11) is 3.46. The minimum absolute atomic E-state index is 0.242. The molecule has 0 amide bonds. The van der Waals surface area contributed by atoms with Crippen molar-refractivity contribution in [3.05, 3.63) is 50.7 Å². The van der Waals surface area contributed by atoms with Crippen LogP contribution in [0.25, 0.3) is 0 Å². The summed E-state index contributed by atoms with van der Waals surface area (Å²) in [6, 6.07) is 6.37. The van der Waals surface area contributed by atoms with Crippen LogP contribution in [0.5, 0.6) is 0 Å². The SMILES string of the molecule is CNc1nc(Cc2ccc(F)cc2)nc(COC)c1I. The van der Waals surface area contributed by atoms with Crippen LogP contribution in [0.2, 0.25) is 0 Å². The number of rotatable bonds is 5. The van der Waals surface area contributed by atoms with Crippen LogP contribution in [0.1, 0.15) is 17.1 Å². The maximum Gasteiger partial charge on any atom is 0.143 e. The van der Waals surface area contributed by atoms with E-state index in [9.17, 15) is 4.39 Å². The summed E-state index contributed by atoms with van der Waals surface area (Å²) in [5.74, 6) is 1.23. The molecule has 0 saturated carbocycles. The molecule has 2 aromatic rings. The van der Waals surface area contributed by atoms with Gasteiger partial charge in [0.25, 0.3) is 0 Å². The molecule has 0 unspecified atom stereocenters. The van der Waals surface area contributed by atoms with Gasteiger partial charge in [-0.25, -0.2) is 14.4 Å². The van der Waals surface area contributed by atoms with E-state index in [-0.39, 0.29) is 5.82 Å². The normalized spacial score (nSPS) is 10.6. The predicted octanol–water partition coefficient (Wildman–Crippen LogP) is 3.00. The smallest absolute Gasteiger partial charge is 0.143 e. The Morgan fingerprint density at radius 3 is 2.55 bits per heavy atom. The van der Waals surface area contributed by atoms with Crippen molar-refractivity contribution in [3.8, 4) is 0 Å². The molecule has 1 N–H and O–H groups in total. The summed E-state index contributed by atoms with van der Waals surface area (Å²) in [6.07, 6.45) is 0.558. The maximum atomic E-state index is 12.9. The fourth-order valence-corrected chi connectivity index (χ4v) is 2.47. The standard InChI is InChI=1S/C14H15FIN3O/c1-17-14-13(16)11(8-20-2)18-12(19-14)7-9-3-5-10(15)6-4-9/h3-6H,7-8H2,1-2H3,(H,17,18,19). The van der Waals surface area contributed by atoms with Gasteiger partial charge in [0.1, 0.15) is 17.5 Å². The van der Waals surface area contributed by atoms with E-state index in [2.05, 4.69) is 37.9 Å². The van der Waals surface area contributed by atoms with Crippen molar-refractivity contribution < 1.29 is 9.13 Å². The summed E-state index contributed by atoms with van der Waals surface area (Å²) < 4.78 is 19.0. The number of hydrogen-bond acceptors (Lipinski definition) is 4. The van der Waals surface area contributed by atoms with Crippen molar-refractivity contribution in [2.45, 2.75) is 13.0 Å². The van der Waals surface area contributed by atoms with Crippen molar-refractivity contribution in [3.63, 3.8) is 0 Å². The first-order valence-corrected chi connectivity index (χ1v) is 7.18. The van der Waals surface area contributed by atoms with Gasteiger partial charge in [0.15, 0.2) is 0 Å². The second-order valence-electron chi connectivity index (χ2n) is 4.24. The van der Waals surface area contributed by atoms with Crippen molar-refractivity contribution in [2.24, 2.45) is 0 Å². The molecule has 1 aromatic carbocycles. The average molecular weight is 387 g/mol. The highest BCUT2D eigenvalue weighted by Crippen LogP contribution is 2.20. The molecule has 0 bridgehead atoms. The van der Waals surface area contributed by atoms with Crippen molar-refractivity contribution >= 4 is 28.4 Å². The summed E-state index contributed by atoms with van der Waals surface area (Å²) in [6.45, 7) is 0.436. The van der Waals surface area contributed by atoms with E-state index in [0.717, 1.165) is 20.6 Å². The number of ether oxygens (including phenoxy) is 1. The van der Waals surface area contributed by atoms with E-state index in [0.29, 0.717) is 18.9 Å². The number of nitrogens with zero attached hydrogens (tertiary/aromatic N) is 2. The number of nitrogens with one attached hydrogen (secondary N) is 1. The first kappa shape index (κ1) is 15.1. The van der Waals surface area contributed by atoms with Gasteiger partial charge >= 0.3 is 0 Å². The Kier molecular flexibility index (Phi) is 5.24. The zero-order valence-electron chi connectivity index (χ0n) is 11.3. The van der Waals surface area contributed by atoms with E-state index >= 15 is 0 Å². The van der Waals surface area contributed by atoms with Crippen molar-refractivity contribution in [1.29, 1.82) is 0 Å². The van der Waals surface area contributed by atoms with Crippen LogP contribution >= 0.6 is 22.6 Å². The van der Waals surface area contributed by atoms with Crippen LogP contribution in [0, 0.1) is 9.39 Å². The molecular weight excluding hydrogens is 372 g/mol.